The number of carbonyl (C=O) groups is 1. The lowest BCUT2D eigenvalue weighted by Gasteiger charge is -2.38. The number of piperazine rings is 1. The molecule has 0 radical (unpaired) electrons. The lowest BCUT2D eigenvalue weighted by molar-refractivity contribution is -0.138. The summed E-state index contributed by atoms with van der Waals surface area (Å²) in [5.41, 5.74) is 0. The van der Waals surface area contributed by atoms with Crippen molar-refractivity contribution in [3.05, 3.63) is 18.2 Å². The van der Waals surface area contributed by atoms with Gasteiger partial charge in [0, 0.05) is 57.6 Å². The van der Waals surface area contributed by atoms with Crippen molar-refractivity contribution in [2.45, 2.75) is 65.3 Å². The van der Waals surface area contributed by atoms with E-state index in [2.05, 4.69) is 26.3 Å². The summed E-state index contributed by atoms with van der Waals surface area (Å²) in [4.78, 5) is 21.8. The Morgan fingerprint density at radius 2 is 1.85 bits per heavy atom. The summed E-state index contributed by atoms with van der Waals surface area (Å²) in [6.07, 6.45) is 12.7. The molecule has 0 aromatic carbocycles. The van der Waals surface area contributed by atoms with Gasteiger partial charge in [-0.15, -0.1) is 0 Å². The van der Waals surface area contributed by atoms with Gasteiger partial charge in [0.1, 0.15) is 5.82 Å². The van der Waals surface area contributed by atoms with Crippen LogP contribution in [0.4, 0.5) is 0 Å². The van der Waals surface area contributed by atoms with Gasteiger partial charge in [0.25, 0.3) is 0 Å². The molecule has 146 valence electrons. The van der Waals surface area contributed by atoms with Gasteiger partial charge in [-0.1, -0.05) is 26.2 Å². The van der Waals surface area contributed by atoms with Crippen LogP contribution in [-0.2, 0) is 11.3 Å². The van der Waals surface area contributed by atoms with E-state index in [1.165, 1.54) is 32.1 Å². The minimum absolute atomic E-state index is 0.299. The number of carbonyl (C=O) groups excluding carboxylic acids is 1. The van der Waals surface area contributed by atoms with E-state index >= 15 is 0 Å². The second kappa shape index (κ2) is 9.54. The molecule has 0 bridgehead atoms. The third kappa shape index (κ3) is 5.09. The maximum atomic E-state index is 12.9. The zero-order valence-electron chi connectivity index (χ0n) is 16.7. The third-order valence-electron chi connectivity index (χ3n) is 6.43. The molecule has 5 nitrogen and oxygen atoms in total. The smallest absolute Gasteiger partial charge is 0.225 e. The largest absolute Gasteiger partial charge is 0.340 e. The Balaban J connectivity index is 1.36. The molecule has 1 saturated carbocycles. The van der Waals surface area contributed by atoms with Crippen LogP contribution in [0.3, 0.4) is 0 Å². The van der Waals surface area contributed by atoms with Crippen LogP contribution in [0.1, 0.15) is 57.7 Å². The van der Waals surface area contributed by atoms with Gasteiger partial charge in [-0.3, -0.25) is 9.69 Å². The first-order chi connectivity index (χ1) is 12.7. The Morgan fingerprint density at radius 1 is 1.12 bits per heavy atom. The highest BCUT2D eigenvalue weighted by atomic mass is 16.2. The van der Waals surface area contributed by atoms with Crippen LogP contribution < -0.4 is 0 Å². The second-order valence-electron chi connectivity index (χ2n) is 8.19. The average Bonchev–Trinajstić information content (AvgIpc) is 3.10. The molecule has 1 aliphatic heterocycles. The van der Waals surface area contributed by atoms with Crippen molar-refractivity contribution in [2.24, 2.45) is 11.8 Å². The van der Waals surface area contributed by atoms with Gasteiger partial charge in [-0.2, -0.15) is 0 Å². The molecule has 1 amide bonds. The zero-order chi connectivity index (χ0) is 18.4. The van der Waals surface area contributed by atoms with Crippen molar-refractivity contribution in [3.8, 4) is 0 Å². The van der Waals surface area contributed by atoms with Crippen LogP contribution >= 0.6 is 0 Å². The lowest BCUT2D eigenvalue weighted by Crippen LogP contribution is -2.51. The van der Waals surface area contributed by atoms with Crippen LogP contribution in [0.15, 0.2) is 12.4 Å². The molecule has 1 aliphatic carbocycles. The van der Waals surface area contributed by atoms with Crippen molar-refractivity contribution >= 4 is 5.91 Å². The molecule has 2 aliphatic rings. The summed E-state index contributed by atoms with van der Waals surface area (Å²) in [6.45, 7) is 10.2. The topological polar surface area (TPSA) is 41.4 Å². The van der Waals surface area contributed by atoms with Crippen LogP contribution in [0.25, 0.3) is 0 Å². The van der Waals surface area contributed by atoms with E-state index in [1.807, 2.05) is 19.3 Å². The summed E-state index contributed by atoms with van der Waals surface area (Å²) in [7, 11) is 0. The SMILES string of the molecule is CCCCC1CCC(C(=O)N2CCN(CCn3ccnc3C)CC2)CC1. The Hall–Kier alpha value is -1.36. The molecular weight excluding hydrogens is 324 g/mol. The molecule has 26 heavy (non-hydrogen) atoms. The molecular formula is C21H36N4O. The summed E-state index contributed by atoms with van der Waals surface area (Å²) in [6, 6.07) is 0. The van der Waals surface area contributed by atoms with Gasteiger partial charge in [-0.05, 0) is 38.5 Å². The fourth-order valence-corrected chi connectivity index (χ4v) is 4.53. The first-order valence-electron chi connectivity index (χ1n) is 10.7. The van der Waals surface area contributed by atoms with Crippen LogP contribution in [0, 0.1) is 18.8 Å². The van der Waals surface area contributed by atoms with Crippen LogP contribution in [0.5, 0.6) is 0 Å². The molecule has 5 heteroatoms. The monoisotopic (exact) mass is 360 g/mol. The summed E-state index contributed by atoms with van der Waals surface area (Å²) >= 11 is 0. The van der Waals surface area contributed by atoms with Crippen molar-refractivity contribution in [3.63, 3.8) is 0 Å². The molecule has 0 unspecified atom stereocenters. The minimum atomic E-state index is 0.299. The van der Waals surface area contributed by atoms with Crippen molar-refractivity contribution in [2.75, 3.05) is 32.7 Å². The van der Waals surface area contributed by atoms with Gasteiger partial charge < -0.3 is 9.47 Å². The number of rotatable bonds is 7. The fraction of sp³-hybridized carbons (Fsp3) is 0.810. The summed E-state index contributed by atoms with van der Waals surface area (Å²) in [5.74, 6) is 2.69. The second-order valence-corrected chi connectivity index (χ2v) is 8.19. The highest BCUT2D eigenvalue weighted by Gasteiger charge is 2.30. The Labute approximate surface area is 158 Å². The molecule has 3 rings (SSSR count). The standard InChI is InChI=1S/C21H36N4O/c1-3-4-5-19-6-8-20(9-7-19)21(26)25-16-13-23(14-17-25)12-15-24-11-10-22-18(24)2/h10-11,19-20H,3-9,12-17H2,1-2H3. The lowest BCUT2D eigenvalue weighted by atomic mass is 9.79. The number of hydrogen-bond acceptors (Lipinski definition) is 3. The van der Waals surface area contributed by atoms with Crippen LogP contribution in [-0.4, -0.2) is 58.0 Å². The van der Waals surface area contributed by atoms with E-state index in [1.54, 1.807) is 0 Å². The van der Waals surface area contributed by atoms with Gasteiger partial charge in [0.15, 0.2) is 0 Å². The summed E-state index contributed by atoms with van der Waals surface area (Å²) < 4.78 is 2.20. The molecule has 0 N–H and O–H groups in total. The van der Waals surface area contributed by atoms with Gasteiger partial charge >= 0.3 is 0 Å². The molecule has 1 aromatic rings. The molecule has 0 atom stereocenters. The van der Waals surface area contributed by atoms with Crippen molar-refractivity contribution in [1.29, 1.82) is 0 Å². The van der Waals surface area contributed by atoms with Crippen LogP contribution in [0.2, 0.25) is 0 Å². The van der Waals surface area contributed by atoms with Gasteiger partial charge in [0.2, 0.25) is 5.91 Å². The van der Waals surface area contributed by atoms with E-state index in [4.69, 9.17) is 0 Å². The highest BCUT2D eigenvalue weighted by molar-refractivity contribution is 5.79. The molecule has 2 fully saturated rings. The molecule has 0 spiro atoms. The van der Waals surface area contributed by atoms with E-state index in [-0.39, 0.29) is 0 Å². The predicted octanol–water partition coefficient (Wildman–Crippen LogP) is 3.33. The van der Waals surface area contributed by atoms with Crippen molar-refractivity contribution < 1.29 is 4.79 Å². The highest BCUT2D eigenvalue weighted by Crippen LogP contribution is 2.33. The Bertz CT molecular complexity index is 554. The zero-order valence-corrected chi connectivity index (χ0v) is 16.7. The average molecular weight is 361 g/mol. The summed E-state index contributed by atoms with van der Waals surface area (Å²) in [5, 5.41) is 0. The molecule has 1 saturated heterocycles. The number of imidazole rings is 1. The Morgan fingerprint density at radius 3 is 2.46 bits per heavy atom. The maximum Gasteiger partial charge on any atom is 0.225 e. The minimum Gasteiger partial charge on any atom is -0.340 e. The maximum absolute atomic E-state index is 12.9. The quantitative estimate of drug-likeness (QED) is 0.749. The Kier molecular flexibility index (Phi) is 7.12. The normalized spacial score (nSPS) is 24.8. The predicted molar refractivity (Wildman–Crippen MR) is 105 cm³/mol. The van der Waals surface area contributed by atoms with E-state index in [0.717, 1.165) is 63.9 Å². The van der Waals surface area contributed by atoms with E-state index in [9.17, 15) is 4.79 Å². The number of amides is 1. The van der Waals surface area contributed by atoms with E-state index < -0.39 is 0 Å². The van der Waals surface area contributed by atoms with E-state index in [0.29, 0.717) is 11.8 Å². The van der Waals surface area contributed by atoms with Gasteiger partial charge in [-0.25, -0.2) is 4.98 Å². The number of hydrogen-bond donors (Lipinski definition) is 0. The number of aryl methyl sites for hydroxylation is 1. The number of nitrogens with zero attached hydrogens (tertiary/aromatic N) is 4. The van der Waals surface area contributed by atoms with Gasteiger partial charge in [0.05, 0.1) is 0 Å². The number of aromatic nitrogens is 2. The molecule has 2 heterocycles. The van der Waals surface area contributed by atoms with Crippen molar-refractivity contribution in [1.82, 2.24) is 19.4 Å². The third-order valence-corrected chi connectivity index (χ3v) is 6.43. The number of unbranched alkanes of at least 4 members (excludes halogenated alkanes) is 1. The fourth-order valence-electron chi connectivity index (χ4n) is 4.53. The molecule has 1 aromatic heterocycles. The first kappa shape index (κ1) is 19.4. The first-order valence-corrected chi connectivity index (χ1v) is 10.7.